The van der Waals surface area contributed by atoms with E-state index in [9.17, 15) is 4.79 Å². The molecule has 0 aliphatic heterocycles. The summed E-state index contributed by atoms with van der Waals surface area (Å²) in [7, 11) is 1.76. The number of anilines is 2. The number of benzene rings is 1. The highest BCUT2D eigenvalue weighted by atomic mass is 16.5. The lowest BCUT2D eigenvalue weighted by molar-refractivity contribution is -0.115. The predicted molar refractivity (Wildman–Crippen MR) is 77.5 cm³/mol. The monoisotopic (exact) mass is 262 g/mol. The average Bonchev–Trinajstić information content (AvgIpc) is 2.37. The van der Waals surface area contributed by atoms with Crippen molar-refractivity contribution in [2.24, 2.45) is 0 Å². The highest BCUT2D eigenvalue weighted by Gasteiger charge is 2.29. The minimum atomic E-state index is 0.0448. The van der Waals surface area contributed by atoms with Gasteiger partial charge in [0.05, 0.1) is 6.10 Å². The lowest BCUT2D eigenvalue weighted by Crippen LogP contribution is -2.40. The summed E-state index contributed by atoms with van der Waals surface area (Å²) >= 11 is 0. The molecule has 2 N–H and O–H groups in total. The number of carbonyl (C=O) groups is 1. The van der Waals surface area contributed by atoms with E-state index in [2.05, 4.69) is 16.7 Å². The number of carbonyl (C=O) groups excluding carboxylic acids is 1. The fourth-order valence-electron chi connectivity index (χ4n) is 2.26. The van der Waals surface area contributed by atoms with Crippen LogP contribution < -0.4 is 10.6 Å². The SMILES string of the molecule is CCC(=O)Nc1cccc(NC2CC(OC)C2)c1C. The summed E-state index contributed by atoms with van der Waals surface area (Å²) in [5.74, 6) is 0.0448. The first-order valence-corrected chi connectivity index (χ1v) is 6.82. The number of methoxy groups -OCH3 is 1. The largest absolute Gasteiger partial charge is 0.382 e. The number of nitrogens with one attached hydrogen (secondary N) is 2. The van der Waals surface area contributed by atoms with E-state index in [0.29, 0.717) is 18.6 Å². The van der Waals surface area contributed by atoms with Crippen LogP contribution in [0.25, 0.3) is 0 Å². The summed E-state index contributed by atoms with van der Waals surface area (Å²) in [5, 5.41) is 6.44. The molecule has 104 valence electrons. The molecule has 1 aromatic carbocycles. The Bertz CT molecular complexity index is 453. The van der Waals surface area contributed by atoms with Crippen LogP contribution in [0.15, 0.2) is 18.2 Å². The Morgan fingerprint density at radius 1 is 1.37 bits per heavy atom. The van der Waals surface area contributed by atoms with Crippen molar-refractivity contribution in [2.75, 3.05) is 17.7 Å². The van der Waals surface area contributed by atoms with Crippen LogP contribution in [0.4, 0.5) is 11.4 Å². The summed E-state index contributed by atoms with van der Waals surface area (Å²) in [5.41, 5.74) is 3.07. The van der Waals surface area contributed by atoms with E-state index in [-0.39, 0.29) is 5.91 Å². The van der Waals surface area contributed by atoms with Gasteiger partial charge in [-0.05, 0) is 37.5 Å². The van der Waals surface area contributed by atoms with Gasteiger partial charge in [-0.1, -0.05) is 13.0 Å². The molecule has 0 heterocycles. The smallest absolute Gasteiger partial charge is 0.224 e. The summed E-state index contributed by atoms with van der Waals surface area (Å²) in [4.78, 5) is 11.5. The number of rotatable bonds is 5. The van der Waals surface area contributed by atoms with Gasteiger partial charge in [-0.3, -0.25) is 4.79 Å². The zero-order valence-electron chi connectivity index (χ0n) is 11.8. The van der Waals surface area contributed by atoms with Crippen LogP contribution >= 0.6 is 0 Å². The van der Waals surface area contributed by atoms with E-state index in [1.807, 2.05) is 26.0 Å². The zero-order chi connectivity index (χ0) is 13.8. The van der Waals surface area contributed by atoms with E-state index < -0.39 is 0 Å². The van der Waals surface area contributed by atoms with Crippen molar-refractivity contribution in [3.8, 4) is 0 Å². The highest BCUT2D eigenvalue weighted by Crippen LogP contribution is 2.30. The molecule has 1 amide bonds. The molecular formula is C15H22N2O2. The third kappa shape index (κ3) is 3.26. The second kappa shape index (κ2) is 6.06. The molecular weight excluding hydrogens is 240 g/mol. The molecule has 1 aliphatic rings. The molecule has 2 rings (SSSR count). The molecule has 0 unspecified atom stereocenters. The Balaban J connectivity index is 2.01. The van der Waals surface area contributed by atoms with E-state index in [0.717, 1.165) is 29.8 Å². The van der Waals surface area contributed by atoms with E-state index >= 15 is 0 Å². The van der Waals surface area contributed by atoms with Gasteiger partial charge in [-0.25, -0.2) is 0 Å². The zero-order valence-corrected chi connectivity index (χ0v) is 11.8. The molecule has 0 atom stereocenters. The van der Waals surface area contributed by atoms with Crippen molar-refractivity contribution in [2.45, 2.75) is 45.3 Å². The summed E-state index contributed by atoms with van der Waals surface area (Å²) in [6, 6.07) is 6.43. The second-order valence-electron chi connectivity index (χ2n) is 5.05. The van der Waals surface area contributed by atoms with Crippen LogP contribution in [0.1, 0.15) is 31.7 Å². The first-order chi connectivity index (χ1) is 9.13. The normalized spacial score (nSPS) is 21.6. The lowest BCUT2D eigenvalue weighted by atomic mass is 9.89. The Morgan fingerprint density at radius 2 is 2.05 bits per heavy atom. The Morgan fingerprint density at radius 3 is 2.68 bits per heavy atom. The van der Waals surface area contributed by atoms with Crippen molar-refractivity contribution in [3.05, 3.63) is 23.8 Å². The predicted octanol–water partition coefficient (Wildman–Crippen LogP) is 2.93. The minimum absolute atomic E-state index is 0.0448. The van der Waals surface area contributed by atoms with Gasteiger partial charge in [0, 0.05) is 30.9 Å². The molecule has 0 saturated heterocycles. The molecule has 0 spiro atoms. The Labute approximate surface area is 114 Å². The summed E-state index contributed by atoms with van der Waals surface area (Å²) in [6.07, 6.45) is 2.97. The van der Waals surface area contributed by atoms with Crippen LogP contribution in [-0.4, -0.2) is 25.2 Å². The van der Waals surface area contributed by atoms with Gasteiger partial charge in [-0.15, -0.1) is 0 Å². The number of hydrogen-bond donors (Lipinski definition) is 2. The topological polar surface area (TPSA) is 50.4 Å². The van der Waals surface area contributed by atoms with Gasteiger partial charge in [0.25, 0.3) is 0 Å². The van der Waals surface area contributed by atoms with E-state index in [1.165, 1.54) is 0 Å². The molecule has 1 saturated carbocycles. The maximum absolute atomic E-state index is 11.5. The first kappa shape index (κ1) is 13.9. The van der Waals surface area contributed by atoms with E-state index in [1.54, 1.807) is 7.11 Å². The lowest BCUT2D eigenvalue weighted by Gasteiger charge is -2.35. The van der Waals surface area contributed by atoms with Crippen molar-refractivity contribution < 1.29 is 9.53 Å². The molecule has 0 aromatic heterocycles. The molecule has 4 heteroatoms. The molecule has 0 radical (unpaired) electrons. The van der Waals surface area contributed by atoms with Crippen molar-refractivity contribution in [3.63, 3.8) is 0 Å². The van der Waals surface area contributed by atoms with Crippen LogP contribution in [0, 0.1) is 6.92 Å². The number of hydrogen-bond acceptors (Lipinski definition) is 3. The van der Waals surface area contributed by atoms with Crippen LogP contribution in [0.2, 0.25) is 0 Å². The van der Waals surface area contributed by atoms with Gasteiger partial charge in [0.1, 0.15) is 0 Å². The highest BCUT2D eigenvalue weighted by molar-refractivity contribution is 5.92. The number of ether oxygens (including phenoxy) is 1. The standard InChI is InChI=1S/C15H22N2O2/c1-4-15(18)17-14-7-5-6-13(10(14)2)16-11-8-12(9-11)19-3/h5-7,11-12,16H,4,8-9H2,1-3H3,(H,17,18). The number of amides is 1. The van der Waals surface area contributed by atoms with E-state index in [4.69, 9.17) is 4.74 Å². The van der Waals surface area contributed by atoms with Crippen molar-refractivity contribution >= 4 is 17.3 Å². The molecule has 1 aromatic rings. The molecule has 1 fully saturated rings. The maximum Gasteiger partial charge on any atom is 0.224 e. The second-order valence-corrected chi connectivity index (χ2v) is 5.05. The van der Waals surface area contributed by atoms with Gasteiger partial charge in [-0.2, -0.15) is 0 Å². The summed E-state index contributed by atoms with van der Waals surface area (Å²) < 4.78 is 5.28. The van der Waals surface area contributed by atoms with Crippen LogP contribution in [0.3, 0.4) is 0 Å². The maximum atomic E-state index is 11.5. The molecule has 4 nitrogen and oxygen atoms in total. The average molecular weight is 262 g/mol. The Hall–Kier alpha value is -1.55. The fraction of sp³-hybridized carbons (Fsp3) is 0.533. The van der Waals surface area contributed by atoms with Crippen molar-refractivity contribution in [1.29, 1.82) is 0 Å². The van der Waals surface area contributed by atoms with Gasteiger partial charge in [0.15, 0.2) is 0 Å². The quantitative estimate of drug-likeness (QED) is 0.857. The third-order valence-corrected chi connectivity index (χ3v) is 3.72. The third-order valence-electron chi connectivity index (χ3n) is 3.72. The fourth-order valence-corrected chi connectivity index (χ4v) is 2.26. The first-order valence-electron chi connectivity index (χ1n) is 6.82. The van der Waals surface area contributed by atoms with Gasteiger partial charge < -0.3 is 15.4 Å². The molecule has 19 heavy (non-hydrogen) atoms. The summed E-state index contributed by atoms with van der Waals surface area (Å²) in [6.45, 7) is 3.88. The molecule has 1 aliphatic carbocycles. The van der Waals surface area contributed by atoms with Crippen LogP contribution in [-0.2, 0) is 9.53 Å². The van der Waals surface area contributed by atoms with Gasteiger partial charge >= 0.3 is 0 Å². The van der Waals surface area contributed by atoms with Crippen LogP contribution in [0.5, 0.6) is 0 Å². The van der Waals surface area contributed by atoms with Crippen molar-refractivity contribution in [1.82, 2.24) is 0 Å². The van der Waals surface area contributed by atoms with Gasteiger partial charge in [0.2, 0.25) is 5.91 Å². The molecule has 0 bridgehead atoms. The minimum Gasteiger partial charge on any atom is -0.382 e. The Kier molecular flexibility index (Phi) is 4.43.